The normalized spacial score (nSPS) is 21.2. The zero-order chi connectivity index (χ0) is 27.1. The number of nitrogens with one attached hydrogen (secondary N) is 4. The predicted octanol–water partition coefficient (Wildman–Crippen LogP) is 2.12. The van der Waals surface area contributed by atoms with Crippen LogP contribution in [0.15, 0.2) is 53.6 Å². The fourth-order valence-electron chi connectivity index (χ4n) is 4.64. The first kappa shape index (κ1) is 27.8. The summed E-state index contributed by atoms with van der Waals surface area (Å²) in [6.45, 7) is 8.46. The molecular weight excluding hydrogens is 499 g/mol. The molecule has 0 unspecified atom stereocenters. The number of carbonyl (C=O) groups excluding carboxylic acids is 1. The monoisotopic (exact) mass is 533 g/mol. The molecule has 1 aromatic rings. The predicted molar refractivity (Wildman–Crippen MR) is 138 cm³/mol. The Morgan fingerprint density at radius 3 is 2.50 bits per heavy atom. The highest BCUT2D eigenvalue weighted by atomic mass is 19.4. The van der Waals surface area contributed by atoms with Gasteiger partial charge in [0.1, 0.15) is 17.1 Å². The van der Waals surface area contributed by atoms with Gasteiger partial charge in [0.15, 0.2) is 0 Å². The van der Waals surface area contributed by atoms with Crippen molar-refractivity contribution in [1.29, 1.82) is 5.41 Å². The molecule has 0 aromatic carbocycles. The van der Waals surface area contributed by atoms with Crippen LogP contribution in [0.2, 0.25) is 0 Å². The first-order chi connectivity index (χ1) is 18.2. The second kappa shape index (κ2) is 12.5. The standard InChI is InChI=1S/C26H34F3N7O2/c1-38-23-16-20(30)18(15-22(23)34-25(37)21-3-2-4-24(33-21)26(27,28)29)17-32-19-5-9-35(10-6-19)13-14-36-11-7-31-8-12-36/h2-4,15-17,19,30-32H,5-14H2,1H3,(H,34,37)/b18-17-,30-20?. The van der Waals surface area contributed by atoms with Crippen LogP contribution in [-0.2, 0) is 10.9 Å². The quantitative estimate of drug-likeness (QED) is 0.406. The number of nitrogens with zero attached hydrogens (tertiary/aromatic N) is 3. The van der Waals surface area contributed by atoms with Crippen molar-refractivity contribution in [3.63, 3.8) is 0 Å². The van der Waals surface area contributed by atoms with E-state index in [0.717, 1.165) is 77.3 Å². The molecule has 38 heavy (non-hydrogen) atoms. The van der Waals surface area contributed by atoms with Gasteiger partial charge in [-0.2, -0.15) is 13.2 Å². The van der Waals surface area contributed by atoms with Crippen molar-refractivity contribution in [2.45, 2.75) is 25.1 Å². The highest BCUT2D eigenvalue weighted by Gasteiger charge is 2.33. The Kier molecular flexibility index (Phi) is 9.18. The number of halogens is 3. The van der Waals surface area contributed by atoms with E-state index >= 15 is 0 Å². The molecule has 0 saturated carbocycles. The van der Waals surface area contributed by atoms with Crippen LogP contribution in [-0.4, -0.2) is 91.9 Å². The second-order valence-electron chi connectivity index (χ2n) is 9.52. The number of amides is 1. The molecule has 2 fully saturated rings. The smallest absolute Gasteiger partial charge is 0.433 e. The Balaban J connectivity index is 1.34. The molecule has 1 aromatic heterocycles. The maximum absolute atomic E-state index is 13.0. The van der Waals surface area contributed by atoms with Crippen LogP contribution in [0.25, 0.3) is 0 Å². The molecule has 2 aliphatic heterocycles. The van der Waals surface area contributed by atoms with Gasteiger partial charge in [-0.05, 0) is 31.1 Å². The summed E-state index contributed by atoms with van der Waals surface area (Å²) in [5.41, 5.74) is -0.559. The van der Waals surface area contributed by atoms with Crippen LogP contribution in [0.5, 0.6) is 0 Å². The highest BCUT2D eigenvalue weighted by Crippen LogP contribution is 2.27. The van der Waals surface area contributed by atoms with E-state index in [-0.39, 0.29) is 28.9 Å². The SMILES string of the molecule is COC1=CC(=N)/C(=C\NC2CCN(CCN3CCNCC3)CC2)C=C1NC(=O)c1cccc(C(F)(F)F)n1. The summed E-state index contributed by atoms with van der Waals surface area (Å²) in [7, 11) is 1.39. The van der Waals surface area contributed by atoms with Gasteiger partial charge in [-0.15, -0.1) is 0 Å². The molecule has 206 valence electrons. The minimum Gasteiger partial charge on any atom is -0.494 e. The van der Waals surface area contributed by atoms with Crippen LogP contribution in [0.4, 0.5) is 13.2 Å². The average Bonchev–Trinajstić information content (AvgIpc) is 2.92. The Bertz CT molecular complexity index is 1100. The Morgan fingerprint density at radius 1 is 1.16 bits per heavy atom. The number of carbonyl (C=O) groups is 1. The molecular formula is C26H34F3N7O2. The number of piperidine rings is 1. The zero-order valence-corrected chi connectivity index (χ0v) is 21.4. The molecule has 0 radical (unpaired) electrons. The summed E-state index contributed by atoms with van der Waals surface area (Å²) in [6, 6.07) is 3.41. The number of pyridine rings is 1. The summed E-state index contributed by atoms with van der Waals surface area (Å²) in [4.78, 5) is 21.1. The Labute approximate surface area is 220 Å². The lowest BCUT2D eigenvalue weighted by Gasteiger charge is -2.34. The van der Waals surface area contributed by atoms with Crippen molar-refractivity contribution in [1.82, 2.24) is 30.7 Å². The molecule has 3 heterocycles. The minimum absolute atomic E-state index is 0.193. The number of hydrogen-bond acceptors (Lipinski definition) is 8. The molecule has 2 saturated heterocycles. The molecule has 0 bridgehead atoms. The van der Waals surface area contributed by atoms with Gasteiger partial charge in [0, 0.05) is 76.2 Å². The number of rotatable bonds is 8. The summed E-state index contributed by atoms with van der Waals surface area (Å²) in [6.07, 6.45) is 2.08. The number of methoxy groups -OCH3 is 1. The van der Waals surface area contributed by atoms with Gasteiger partial charge in [-0.25, -0.2) is 4.98 Å². The largest absolute Gasteiger partial charge is 0.494 e. The van der Waals surface area contributed by atoms with Gasteiger partial charge in [-0.3, -0.25) is 9.69 Å². The van der Waals surface area contributed by atoms with E-state index in [1.807, 2.05) is 0 Å². The number of hydrogen-bond donors (Lipinski definition) is 4. The number of aromatic nitrogens is 1. The molecule has 1 amide bonds. The molecule has 1 aliphatic carbocycles. The molecule has 9 nitrogen and oxygen atoms in total. The second-order valence-corrected chi connectivity index (χ2v) is 9.52. The lowest BCUT2D eigenvalue weighted by atomic mass is 10.0. The lowest BCUT2D eigenvalue weighted by molar-refractivity contribution is -0.141. The molecule has 0 atom stereocenters. The molecule has 12 heteroatoms. The van der Waals surface area contributed by atoms with Crippen molar-refractivity contribution in [3.05, 3.63) is 65.0 Å². The summed E-state index contributed by atoms with van der Waals surface area (Å²) >= 11 is 0. The van der Waals surface area contributed by atoms with Crippen molar-refractivity contribution in [3.8, 4) is 0 Å². The van der Waals surface area contributed by atoms with E-state index in [2.05, 4.69) is 30.7 Å². The van der Waals surface area contributed by atoms with Crippen LogP contribution in [0, 0.1) is 5.41 Å². The fraction of sp³-hybridized carbons (Fsp3) is 0.500. The van der Waals surface area contributed by atoms with E-state index in [1.54, 1.807) is 12.3 Å². The topological polar surface area (TPSA) is 106 Å². The third-order valence-corrected chi connectivity index (χ3v) is 6.90. The third-order valence-electron chi connectivity index (χ3n) is 6.90. The third kappa shape index (κ3) is 7.42. The average molecular weight is 534 g/mol. The Hall–Kier alpha value is -3.22. The first-order valence-corrected chi connectivity index (χ1v) is 12.8. The van der Waals surface area contributed by atoms with E-state index in [1.165, 1.54) is 19.3 Å². The van der Waals surface area contributed by atoms with Crippen LogP contribution < -0.4 is 16.0 Å². The molecule has 4 N–H and O–H groups in total. The molecule has 4 rings (SSSR count). The van der Waals surface area contributed by atoms with Crippen molar-refractivity contribution in [2.24, 2.45) is 0 Å². The van der Waals surface area contributed by atoms with E-state index in [0.29, 0.717) is 5.57 Å². The van der Waals surface area contributed by atoms with Gasteiger partial charge in [-0.1, -0.05) is 6.07 Å². The number of alkyl halides is 3. The van der Waals surface area contributed by atoms with E-state index in [9.17, 15) is 18.0 Å². The summed E-state index contributed by atoms with van der Waals surface area (Å²) < 4.78 is 44.3. The van der Waals surface area contributed by atoms with Gasteiger partial charge in [0.25, 0.3) is 5.91 Å². The minimum atomic E-state index is -4.66. The molecule has 3 aliphatic rings. The zero-order valence-electron chi connectivity index (χ0n) is 21.4. The number of ether oxygens (including phenoxy) is 1. The highest BCUT2D eigenvalue weighted by molar-refractivity contribution is 6.10. The van der Waals surface area contributed by atoms with E-state index in [4.69, 9.17) is 10.1 Å². The number of likely N-dealkylation sites (tertiary alicyclic amines) is 1. The number of piperazine rings is 1. The van der Waals surface area contributed by atoms with Crippen molar-refractivity contribution in [2.75, 3.05) is 59.5 Å². The van der Waals surface area contributed by atoms with Gasteiger partial charge in [0.05, 0.1) is 18.5 Å². The maximum atomic E-state index is 13.0. The lowest BCUT2D eigenvalue weighted by Crippen LogP contribution is -2.48. The van der Waals surface area contributed by atoms with Crippen LogP contribution in [0.3, 0.4) is 0 Å². The maximum Gasteiger partial charge on any atom is 0.433 e. The van der Waals surface area contributed by atoms with Gasteiger partial charge < -0.3 is 31.0 Å². The fourth-order valence-corrected chi connectivity index (χ4v) is 4.64. The molecule has 0 spiro atoms. The van der Waals surface area contributed by atoms with Crippen LogP contribution in [0.1, 0.15) is 29.0 Å². The summed E-state index contributed by atoms with van der Waals surface area (Å²) in [5, 5.41) is 17.7. The van der Waals surface area contributed by atoms with Crippen molar-refractivity contribution < 1.29 is 22.7 Å². The number of allylic oxidation sites excluding steroid dienone is 3. The van der Waals surface area contributed by atoms with Crippen molar-refractivity contribution >= 4 is 11.6 Å². The summed E-state index contributed by atoms with van der Waals surface area (Å²) in [5.74, 6) is -0.579. The first-order valence-electron chi connectivity index (χ1n) is 12.8. The van der Waals surface area contributed by atoms with Crippen LogP contribution >= 0.6 is 0 Å². The van der Waals surface area contributed by atoms with Gasteiger partial charge >= 0.3 is 6.18 Å². The van der Waals surface area contributed by atoms with Gasteiger partial charge in [0.2, 0.25) is 0 Å². The van der Waals surface area contributed by atoms with E-state index < -0.39 is 17.8 Å². The Morgan fingerprint density at radius 2 is 1.84 bits per heavy atom.